The van der Waals surface area contributed by atoms with Gasteiger partial charge in [0.2, 0.25) is 0 Å². The van der Waals surface area contributed by atoms with Gasteiger partial charge in [0.05, 0.1) is 19.4 Å². The third kappa shape index (κ3) is 2.85. The number of H-pyrrole nitrogens is 1. The lowest BCUT2D eigenvalue weighted by Crippen LogP contribution is -2.44. The van der Waals surface area contributed by atoms with E-state index in [0.717, 1.165) is 16.5 Å². The summed E-state index contributed by atoms with van der Waals surface area (Å²) in [5.74, 6) is -0.465. The SMILES string of the molecule is CCOC(=O)[C@@H]1c2[nH]c3ccccc3c2CCN1C(=O)c1ccc(OC)o1. The molecule has 1 atom stereocenters. The maximum atomic E-state index is 13.0. The van der Waals surface area contributed by atoms with E-state index in [-0.39, 0.29) is 24.2 Å². The van der Waals surface area contributed by atoms with Gasteiger partial charge in [0.15, 0.2) is 11.8 Å². The minimum absolute atomic E-state index is 0.126. The summed E-state index contributed by atoms with van der Waals surface area (Å²) in [7, 11) is 1.46. The second-order valence-corrected chi connectivity index (χ2v) is 6.29. The number of rotatable bonds is 4. The van der Waals surface area contributed by atoms with Gasteiger partial charge < -0.3 is 23.8 Å². The number of carbonyl (C=O) groups excluding carboxylic acids is 2. The molecule has 1 amide bonds. The standard InChI is InChI=1S/C20H20N2O5/c1-3-26-20(24)18-17-13(12-6-4-5-7-14(12)21-17)10-11-22(18)19(23)15-8-9-16(25-2)27-15/h4-9,18,21H,3,10-11H2,1-2H3/t18-/m0/s1. The summed E-state index contributed by atoms with van der Waals surface area (Å²) in [6, 6.07) is 10.1. The minimum Gasteiger partial charge on any atom is -0.468 e. The lowest BCUT2D eigenvalue weighted by Gasteiger charge is -2.33. The number of ether oxygens (including phenoxy) is 2. The molecule has 3 aromatic rings. The van der Waals surface area contributed by atoms with E-state index >= 15 is 0 Å². The highest BCUT2D eigenvalue weighted by Crippen LogP contribution is 2.36. The number of esters is 1. The van der Waals surface area contributed by atoms with E-state index in [2.05, 4.69) is 4.98 Å². The Kier molecular flexibility index (Phi) is 4.35. The molecule has 0 unspecified atom stereocenters. The molecule has 4 rings (SSSR count). The fourth-order valence-corrected chi connectivity index (χ4v) is 3.61. The van der Waals surface area contributed by atoms with Crippen LogP contribution in [0.4, 0.5) is 0 Å². The molecule has 1 aliphatic heterocycles. The Morgan fingerprint density at radius 1 is 1.26 bits per heavy atom. The number of hydrogen-bond donors (Lipinski definition) is 1. The van der Waals surface area contributed by atoms with Gasteiger partial charge in [-0.05, 0) is 31.0 Å². The molecule has 2 aromatic heterocycles. The first kappa shape index (κ1) is 17.2. The Labute approximate surface area is 155 Å². The summed E-state index contributed by atoms with van der Waals surface area (Å²) in [6.07, 6.45) is 0.638. The Morgan fingerprint density at radius 2 is 2.07 bits per heavy atom. The van der Waals surface area contributed by atoms with E-state index in [1.54, 1.807) is 19.1 Å². The first-order valence-electron chi connectivity index (χ1n) is 8.85. The predicted molar refractivity (Wildman–Crippen MR) is 97.7 cm³/mol. The van der Waals surface area contributed by atoms with Crippen LogP contribution in [0.25, 0.3) is 10.9 Å². The van der Waals surface area contributed by atoms with Crippen molar-refractivity contribution in [3.05, 3.63) is 53.4 Å². The number of nitrogens with one attached hydrogen (secondary N) is 1. The van der Waals surface area contributed by atoms with Gasteiger partial charge in [-0.25, -0.2) is 4.79 Å². The van der Waals surface area contributed by atoms with Gasteiger partial charge in [-0.15, -0.1) is 0 Å². The Morgan fingerprint density at radius 3 is 2.81 bits per heavy atom. The van der Waals surface area contributed by atoms with Crippen molar-refractivity contribution >= 4 is 22.8 Å². The number of aromatic nitrogens is 1. The van der Waals surface area contributed by atoms with Crippen LogP contribution in [0.1, 0.15) is 34.8 Å². The highest BCUT2D eigenvalue weighted by molar-refractivity contribution is 5.97. The second-order valence-electron chi connectivity index (χ2n) is 6.29. The molecule has 0 saturated carbocycles. The summed E-state index contributed by atoms with van der Waals surface area (Å²) in [4.78, 5) is 30.6. The van der Waals surface area contributed by atoms with Crippen molar-refractivity contribution in [1.82, 2.24) is 9.88 Å². The van der Waals surface area contributed by atoms with Gasteiger partial charge >= 0.3 is 5.97 Å². The molecule has 3 heterocycles. The van der Waals surface area contributed by atoms with Crippen molar-refractivity contribution in [2.24, 2.45) is 0 Å². The average molecular weight is 368 g/mol. The van der Waals surface area contributed by atoms with Crippen molar-refractivity contribution in [1.29, 1.82) is 0 Å². The first-order chi connectivity index (χ1) is 13.1. The molecule has 1 N–H and O–H groups in total. The topological polar surface area (TPSA) is 84.8 Å². The van der Waals surface area contributed by atoms with Crippen LogP contribution in [0.15, 0.2) is 40.8 Å². The highest BCUT2D eigenvalue weighted by Gasteiger charge is 2.40. The summed E-state index contributed by atoms with van der Waals surface area (Å²) >= 11 is 0. The molecule has 0 spiro atoms. The van der Waals surface area contributed by atoms with Crippen LogP contribution in [0.5, 0.6) is 5.95 Å². The average Bonchev–Trinajstić information content (AvgIpc) is 3.31. The fraction of sp³-hybridized carbons (Fsp3) is 0.300. The maximum absolute atomic E-state index is 13.0. The number of fused-ring (bicyclic) bond motifs is 3. The molecule has 7 nitrogen and oxygen atoms in total. The summed E-state index contributed by atoms with van der Waals surface area (Å²) < 4.78 is 15.7. The summed E-state index contributed by atoms with van der Waals surface area (Å²) in [5, 5.41) is 1.06. The van der Waals surface area contributed by atoms with E-state index in [4.69, 9.17) is 13.9 Å². The lowest BCUT2D eigenvalue weighted by atomic mass is 9.97. The molecule has 27 heavy (non-hydrogen) atoms. The van der Waals surface area contributed by atoms with Gasteiger partial charge in [-0.2, -0.15) is 0 Å². The van der Waals surface area contributed by atoms with Gasteiger partial charge in [0.25, 0.3) is 11.9 Å². The van der Waals surface area contributed by atoms with E-state index in [9.17, 15) is 9.59 Å². The first-order valence-corrected chi connectivity index (χ1v) is 8.85. The van der Waals surface area contributed by atoms with E-state index in [0.29, 0.717) is 18.7 Å². The summed E-state index contributed by atoms with van der Waals surface area (Å²) in [5.41, 5.74) is 2.68. The third-order valence-electron chi connectivity index (χ3n) is 4.80. The van der Waals surface area contributed by atoms with Gasteiger partial charge in [-0.1, -0.05) is 18.2 Å². The molecule has 0 fully saturated rings. The monoisotopic (exact) mass is 368 g/mol. The fourth-order valence-electron chi connectivity index (χ4n) is 3.61. The molecule has 140 valence electrons. The van der Waals surface area contributed by atoms with Gasteiger partial charge in [0.1, 0.15) is 0 Å². The van der Waals surface area contributed by atoms with Crippen molar-refractivity contribution in [2.75, 3.05) is 20.3 Å². The molecule has 0 radical (unpaired) electrons. The van der Waals surface area contributed by atoms with Crippen molar-refractivity contribution in [3.8, 4) is 5.95 Å². The number of benzene rings is 1. The molecular weight excluding hydrogens is 348 g/mol. The summed E-state index contributed by atoms with van der Waals surface area (Å²) in [6.45, 7) is 2.37. The molecule has 0 saturated heterocycles. The van der Waals surface area contributed by atoms with Crippen LogP contribution in [0, 0.1) is 0 Å². The van der Waals surface area contributed by atoms with Crippen molar-refractivity contribution < 1.29 is 23.5 Å². The van der Waals surface area contributed by atoms with E-state index < -0.39 is 12.0 Å². The molecule has 0 aliphatic carbocycles. The lowest BCUT2D eigenvalue weighted by molar-refractivity contribution is -0.149. The zero-order chi connectivity index (χ0) is 19.0. The highest BCUT2D eigenvalue weighted by atomic mass is 16.6. The molecule has 1 aromatic carbocycles. The van der Waals surface area contributed by atoms with Crippen LogP contribution < -0.4 is 4.74 Å². The van der Waals surface area contributed by atoms with Crippen LogP contribution in [-0.2, 0) is 16.0 Å². The predicted octanol–water partition coefficient (Wildman–Crippen LogP) is 3.07. The number of nitrogens with zero attached hydrogens (tertiary/aromatic N) is 1. The van der Waals surface area contributed by atoms with Gasteiger partial charge in [-0.3, -0.25) is 4.79 Å². The number of furan rings is 1. The van der Waals surface area contributed by atoms with Crippen molar-refractivity contribution in [3.63, 3.8) is 0 Å². The van der Waals surface area contributed by atoms with Crippen LogP contribution in [-0.4, -0.2) is 42.0 Å². The Balaban J connectivity index is 1.77. The third-order valence-corrected chi connectivity index (χ3v) is 4.80. The molecular formula is C20H20N2O5. The molecule has 7 heteroatoms. The quantitative estimate of drug-likeness (QED) is 0.716. The van der Waals surface area contributed by atoms with E-state index in [1.807, 2.05) is 24.3 Å². The number of para-hydroxylation sites is 1. The normalized spacial score (nSPS) is 16.2. The number of carbonyl (C=O) groups is 2. The minimum atomic E-state index is -0.843. The zero-order valence-corrected chi connectivity index (χ0v) is 15.2. The molecule has 1 aliphatic rings. The second kappa shape index (κ2) is 6.83. The number of aromatic amines is 1. The van der Waals surface area contributed by atoms with Gasteiger partial charge in [0, 0.05) is 23.5 Å². The van der Waals surface area contributed by atoms with Crippen LogP contribution in [0.3, 0.4) is 0 Å². The Bertz CT molecular complexity index is 1000. The Hall–Kier alpha value is -3.22. The van der Waals surface area contributed by atoms with Crippen LogP contribution >= 0.6 is 0 Å². The zero-order valence-electron chi connectivity index (χ0n) is 15.2. The number of hydrogen-bond acceptors (Lipinski definition) is 5. The number of amides is 1. The smallest absolute Gasteiger partial charge is 0.335 e. The number of methoxy groups -OCH3 is 1. The van der Waals surface area contributed by atoms with E-state index in [1.165, 1.54) is 12.0 Å². The van der Waals surface area contributed by atoms with Crippen LogP contribution in [0.2, 0.25) is 0 Å². The molecule has 0 bridgehead atoms. The largest absolute Gasteiger partial charge is 0.468 e. The van der Waals surface area contributed by atoms with Crippen molar-refractivity contribution in [2.45, 2.75) is 19.4 Å². The maximum Gasteiger partial charge on any atom is 0.335 e.